The van der Waals surface area contributed by atoms with Gasteiger partial charge in [0.2, 0.25) is 0 Å². The average molecular weight is 238 g/mol. The summed E-state index contributed by atoms with van der Waals surface area (Å²) in [5.74, 6) is -0.128. The average Bonchev–Trinajstić information content (AvgIpc) is 2.73. The van der Waals surface area contributed by atoms with Crippen LogP contribution in [0.3, 0.4) is 0 Å². The van der Waals surface area contributed by atoms with Crippen LogP contribution in [0.1, 0.15) is 30.8 Å². The van der Waals surface area contributed by atoms with E-state index in [9.17, 15) is 9.59 Å². The first-order valence-corrected chi connectivity index (χ1v) is 5.24. The second-order valence-corrected chi connectivity index (χ2v) is 3.51. The molecule has 0 atom stereocenters. The topological polar surface area (TPSA) is 87.7 Å². The van der Waals surface area contributed by atoms with Crippen molar-refractivity contribution in [3.05, 3.63) is 29.7 Å². The maximum absolute atomic E-state index is 11.3. The molecule has 1 aromatic rings. The van der Waals surface area contributed by atoms with E-state index in [4.69, 9.17) is 14.6 Å². The van der Waals surface area contributed by atoms with Crippen molar-refractivity contribution in [2.24, 2.45) is 0 Å². The number of carbonyl (C=O) groups is 2. The van der Waals surface area contributed by atoms with E-state index in [1.807, 2.05) is 0 Å². The molecule has 0 amide bonds. The minimum atomic E-state index is -0.902. The predicted octanol–water partition coefficient (Wildman–Crippen LogP) is 1.61. The Labute approximate surface area is 98.4 Å². The summed E-state index contributed by atoms with van der Waals surface area (Å²) in [4.78, 5) is 21.5. The Balaban J connectivity index is 2.37. The number of aliphatic carboxylic acids is 1. The van der Waals surface area contributed by atoms with Crippen LogP contribution in [0.5, 0.6) is 0 Å². The zero-order valence-corrected chi connectivity index (χ0v) is 9.26. The van der Waals surface area contributed by atoms with Crippen LogP contribution < -0.4 is 0 Å². The molecule has 2 N–H and O–H groups in total. The van der Waals surface area contributed by atoms with E-state index in [0.717, 1.165) is 0 Å². The van der Waals surface area contributed by atoms with Gasteiger partial charge in [-0.3, -0.25) is 9.59 Å². The molecule has 0 unspecified atom stereocenters. The number of aliphatic hydroxyl groups is 1. The van der Waals surface area contributed by atoms with Crippen molar-refractivity contribution in [1.82, 2.24) is 0 Å². The van der Waals surface area contributed by atoms with Crippen LogP contribution >= 0.6 is 0 Å². The summed E-state index contributed by atoms with van der Waals surface area (Å²) in [6.07, 6.45) is 3.38. The van der Waals surface area contributed by atoms with Gasteiger partial charge in [0.15, 0.2) is 5.78 Å². The Morgan fingerprint density at radius 2 is 2.06 bits per heavy atom. The number of ketones is 1. The molecule has 0 bridgehead atoms. The zero-order valence-electron chi connectivity index (χ0n) is 9.26. The van der Waals surface area contributed by atoms with Crippen molar-refractivity contribution < 1.29 is 24.2 Å². The lowest BCUT2D eigenvalue weighted by Crippen LogP contribution is -1.98. The minimum absolute atomic E-state index is 0.00497. The van der Waals surface area contributed by atoms with Crippen LogP contribution in [0.2, 0.25) is 0 Å². The van der Waals surface area contributed by atoms with Gasteiger partial charge >= 0.3 is 5.97 Å². The maximum Gasteiger partial charge on any atom is 0.303 e. The molecule has 1 heterocycles. The number of allylic oxidation sites excluding steroid dienone is 1. The van der Waals surface area contributed by atoms with E-state index in [0.29, 0.717) is 17.9 Å². The smallest absolute Gasteiger partial charge is 0.303 e. The van der Waals surface area contributed by atoms with Crippen LogP contribution in [-0.2, 0) is 16.2 Å². The van der Waals surface area contributed by atoms with Gasteiger partial charge in [-0.25, -0.2) is 0 Å². The van der Waals surface area contributed by atoms with Gasteiger partial charge in [0.1, 0.15) is 18.1 Å². The highest BCUT2D eigenvalue weighted by Gasteiger charge is 2.02. The molecule has 0 aliphatic carbocycles. The molecular formula is C12H14O5. The van der Waals surface area contributed by atoms with Crippen molar-refractivity contribution in [3.63, 3.8) is 0 Å². The quantitative estimate of drug-likeness (QED) is 0.704. The number of carbonyl (C=O) groups excluding carboxylic acids is 1. The number of aliphatic hydroxyl groups excluding tert-OH is 1. The molecule has 1 rings (SSSR count). The Hall–Kier alpha value is -1.88. The van der Waals surface area contributed by atoms with Gasteiger partial charge in [-0.1, -0.05) is 0 Å². The molecule has 0 aromatic carbocycles. The second-order valence-electron chi connectivity index (χ2n) is 3.51. The van der Waals surface area contributed by atoms with E-state index in [1.165, 1.54) is 12.2 Å². The van der Waals surface area contributed by atoms with E-state index in [2.05, 4.69) is 0 Å². The van der Waals surface area contributed by atoms with E-state index < -0.39 is 5.97 Å². The molecule has 0 spiro atoms. The van der Waals surface area contributed by atoms with Gasteiger partial charge in [0.25, 0.3) is 0 Å². The van der Waals surface area contributed by atoms with Crippen LogP contribution in [0, 0.1) is 0 Å². The fourth-order valence-electron chi connectivity index (χ4n) is 1.24. The Kier molecular flexibility index (Phi) is 5.16. The Bertz CT molecular complexity index is 416. The molecule has 92 valence electrons. The molecule has 0 fully saturated rings. The van der Waals surface area contributed by atoms with Crippen LogP contribution in [-0.4, -0.2) is 22.0 Å². The van der Waals surface area contributed by atoms with E-state index in [1.54, 1.807) is 12.1 Å². The molecule has 5 nitrogen and oxygen atoms in total. The molecule has 0 saturated heterocycles. The second kappa shape index (κ2) is 6.65. The number of hydrogen-bond acceptors (Lipinski definition) is 4. The normalized spacial score (nSPS) is 10.9. The lowest BCUT2D eigenvalue weighted by molar-refractivity contribution is -0.137. The van der Waals surface area contributed by atoms with Crippen LogP contribution in [0.25, 0.3) is 6.08 Å². The highest BCUT2D eigenvalue weighted by Crippen LogP contribution is 2.09. The molecule has 0 aliphatic heterocycles. The lowest BCUT2D eigenvalue weighted by atomic mass is 10.1. The van der Waals surface area contributed by atoms with Gasteiger partial charge in [-0.2, -0.15) is 0 Å². The van der Waals surface area contributed by atoms with Crippen molar-refractivity contribution >= 4 is 17.8 Å². The summed E-state index contributed by atoms with van der Waals surface area (Å²) in [5.41, 5.74) is 0. The van der Waals surface area contributed by atoms with Crippen LogP contribution in [0.4, 0.5) is 0 Å². The monoisotopic (exact) mass is 238 g/mol. The fraction of sp³-hybridized carbons (Fsp3) is 0.333. The van der Waals surface area contributed by atoms with Crippen LogP contribution in [0.15, 0.2) is 22.6 Å². The summed E-state index contributed by atoms with van der Waals surface area (Å²) in [6, 6.07) is 3.27. The number of rotatable bonds is 7. The summed E-state index contributed by atoms with van der Waals surface area (Å²) < 4.78 is 5.14. The van der Waals surface area contributed by atoms with Gasteiger partial charge in [0, 0.05) is 12.8 Å². The summed E-state index contributed by atoms with van der Waals surface area (Å²) in [5, 5.41) is 17.2. The Morgan fingerprint density at radius 3 is 2.65 bits per heavy atom. The van der Waals surface area contributed by atoms with Gasteiger partial charge in [-0.15, -0.1) is 0 Å². The minimum Gasteiger partial charge on any atom is -0.481 e. The standard InChI is InChI=1S/C12H14O5/c13-8-11-7-6-10(17-11)5-4-9(14)2-1-3-12(15)16/h4-7,13H,1-3,8H2,(H,15,16). The van der Waals surface area contributed by atoms with E-state index >= 15 is 0 Å². The third-order valence-electron chi connectivity index (χ3n) is 2.09. The van der Waals surface area contributed by atoms with Crippen molar-refractivity contribution in [3.8, 4) is 0 Å². The number of carboxylic acids is 1. The van der Waals surface area contributed by atoms with Crippen molar-refractivity contribution in [1.29, 1.82) is 0 Å². The zero-order chi connectivity index (χ0) is 12.7. The number of carboxylic acid groups (broad SMARTS) is 1. The SMILES string of the molecule is O=C(O)CCCC(=O)C=Cc1ccc(CO)o1. The highest BCUT2D eigenvalue weighted by atomic mass is 16.4. The van der Waals surface area contributed by atoms with E-state index in [-0.39, 0.29) is 25.2 Å². The first-order valence-electron chi connectivity index (χ1n) is 5.24. The largest absolute Gasteiger partial charge is 0.481 e. The molecule has 5 heteroatoms. The molecule has 1 aromatic heterocycles. The first-order chi connectivity index (χ1) is 8.11. The third kappa shape index (κ3) is 5.12. The fourth-order valence-corrected chi connectivity index (χ4v) is 1.24. The molecule has 0 aliphatic rings. The first kappa shape index (κ1) is 13.2. The molecule has 0 radical (unpaired) electrons. The molecule has 17 heavy (non-hydrogen) atoms. The number of hydrogen-bond donors (Lipinski definition) is 2. The van der Waals surface area contributed by atoms with Gasteiger partial charge < -0.3 is 14.6 Å². The summed E-state index contributed by atoms with van der Waals surface area (Å²) in [6.45, 7) is -0.180. The molecular weight excluding hydrogens is 224 g/mol. The summed E-state index contributed by atoms with van der Waals surface area (Å²) in [7, 11) is 0. The van der Waals surface area contributed by atoms with Gasteiger partial charge in [-0.05, 0) is 30.7 Å². The Morgan fingerprint density at radius 1 is 1.29 bits per heavy atom. The number of furan rings is 1. The third-order valence-corrected chi connectivity index (χ3v) is 2.09. The summed E-state index contributed by atoms with van der Waals surface area (Å²) >= 11 is 0. The molecule has 0 saturated carbocycles. The maximum atomic E-state index is 11.3. The van der Waals surface area contributed by atoms with Crippen molar-refractivity contribution in [2.45, 2.75) is 25.9 Å². The highest BCUT2D eigenvalue weighted by molar-refractivity contribution is 5.93. The lowest BCUT2D eigenvalue weighted by Gasteiger charge is -1.92. The van der Waals surface area contributed by atoms with Crippen molar-refractivity contribution in [2.75, 3.05) is 0 Å². The predicted molar refractivity (Wildman–Crippen MR) is 60.2 cm³/mol. The van der Waals surface area contributed by atoms with Gasteiger partial charge in [0.05, 0.1) is 0 Å².